The van der Waals surface area contributed by atoms with E-state index in [1.54, 1.807) is 0 Å². The van der Waals surface area contributed by atoms with Crippen molar-refractivity contribution in [1.29, 1.82) is 0 Å². The Morgan fingerprint density at radius 3 is 1.14 bits per heavy atom. The van der Waals surface area contributed by atoms with Crippen LogP contribution in [-0.4, -0.2) is 44.2 Å². The molecule has 0 saturated carbocycles. The van der Waals surface area contributed by atoms with Gasteiger partial charge >= 0.3 is 37.4 Å². The molecular weight excluding hydrogens is 258 g/mol. The van der Waals surface area contributed by atoms with Gasteiger partial charge < -0.3 is 14.7 Å². The molecule has 0 fully saturated rings. The number of phosphoric acid groups is 1. The predicted octanol–water partition coefficient (Wildman–Crippen LogP) is -1.58. The van der Waals surface area contributed by atoms with E-state index in [0.29, 0.717) is 0 Å². The first-order valence-electron chi connectivity index (χ1n) is 0.783. The van der Waals surface area contributed by atoms with Crippen LogP contribution < -0.4 is 0 Å². The van der Waals surface area contributed by atoms with Crippen molar-refractivity contribution >= 4 is 37.4 Å². The molecule has 0 atom stereocenters. The van der Waals surface area contributed by atoms with Gasteiger partial charge in [-0.25, -0.2) is 4.57 Å². The molecule has 0 heterocycles. The molecule has 0 aromatic rings. The Kier molecular flexibility index (Phi) is 15.3. The zero-order chi connectivity index (χ0) is 4.50. The molecule has 0 saturated heterocycles. The van der Waals surface area contributed by atoms with Crippen LogP contribution in [0.25, 0.3) is 0 Å². The predicted molar refractivity (Wildman–Crippen MR) is 21.4 cm³/mol. The van der Waals surface area contributed by atoms with Gasteiger partial charge in [-0.3, -0.25) is 0 Å². The average molecular weight is 262 g/mol. The second kappa shape index (κ2) is 6.60. The van der Waals surface area contributed by atoms with Crippen LogP contribution in [0.2, 0.25) is 0 Å². The first kappa shape index (κ1) is 16.2. The first-order chi connectivity index (χ1) is 2.00. The van der Waals surface area contributed by atoms with Crippen molar-refractivity contribution < 1.29 is 61.0 Å². The second-order valence-corrected chi connectivity index (χ2v) is 1.54. The van der Waals surface area contributed by atoms with Crippen LogP contribution >= 0.6 is 7.82 Å². The van der Waals surface area contributed by atoms with Crippen molar-refractivity contribution in [2.24, 2.45) is 0 Å². The van der Waals surface area contributed by atoms with Crippen molar-refractivity contribution in [1.82, 2.24) is 0 Å². The summed E-state index contributed by atoms with van der Waals surface area (Å²) in [4.78, 5) is 21.6. The Bertz CT molecular complexity index is 57.8. The van der Waals surface area contributed by atoms with Gasteiger partial charge in [0.05, 0.1) is 0 Å². The summed E-state index contributed by atoms with van der Waals surface area (Å²) in [5, 5.41) is 0. The minimum absolute atomic E-state index is 0. The average Bonchev–Trinajstić information content (AvgIpc) is 0.722. The molecule has 7 heavy (non-hydrogen) atoms. The van der Waals surface area contributed by atoms with Gasteiger partial charge in [0.2, 0.25) is 0 Å². The van der Waals surface area contributed by atoms with E-state index in [4.69, 9.17) is 19.2 Å². The molecule has 0 radical (unpaired) electrons. The van der Waals surface area contributed by atoms with E-state index in [1.165, 1.54) is 0 Å². The zero-order valence-corrected chi connectivity index (χ0v) is 6.73. The molecule has 38 valence electrons. The first-order valence-corrected chi connectivity index (χ1v) is 2.35. The van der Waals surface area contributed by atoms with Crippen molar-refractivity contribution in [3.8, 4) is 0 Å². The number of hydrogen-bond acceptors (Lipinski definition) is 1. The second-order valence-electron chi connectivity index (χ2n) is 0.513. The molecule has 0 rings (SSSR count). The van der Waals surface area contributed by atoms with E-state index in [-0.39, 0.29) is 71.3 Å². The molecule has 0 aliphatic carbocycles. The molecule has 0 spiro atoms. The quantitative estimate of drug-likeness (QED) is 0.364. The molecule has 0 amide bonds. The Hall–Kier alpha value is 2.49. The fraction of sp³-hybridized carbons (Fsp3) is 0. The van der Waals surface area contributed by atoms with Crippen LogP contribution in [0.3, 0.4) is 0 Å². The Labute approximate surface area is 96.6 Å². The van der Waals surface area contributed by atoms with Gasteiger partial charge in [-0.1, -0.05) is 0 Å². The molecule has 3 N–H and O–H groups in total. The monoisotopic (exact) mass is 262 g/mol. The van der Waals surface area contributed by atoms with Crippen molar-refractivity contribution in [3.63, 3.8) is 0 Å². The van der Waals surface area contributed by atoms with Crippen LogP contribution in [0, 0.1) is 41.7 Å². The molecule has 0 bridgehead atoms. The van der Waals surface area contributed by atoms with Gasteiger partial charge in [0.1, 0.15) is 0 Å². The van der Waals surface area contributed by atoms with E-state index in [9.17, 15) is 0 Å². The molecule has 0 aliphatic heterocycles. The van der Waals surface area contributed by atoms with E-state index < -0.39 is 7.82 Å². The van der Waals surface area contributed by atoms with Gasteiger partial charge in [0.25, 0.3) is 0 Å². The minimum atomic E-state index is -4.64. The summed E-state index contributed by atoms with van der Waals surface area (Å²) in [7, 11) is -4.64. The summed E-state index contributed by atoms with van der Waals surface area (Å²) in [6, 6.07) is 0. The molecule has 0 aromatic heterocycles. The number of rotatable bonds is 0. The van der Waals surface area contributed by atoms with Gasteiger partial charge in [0.15, 0.2) is 0 Å². The van der Waals surface area contributed by atoms with Crippen molar-refractivity contribution in [2.45, 2.75) is 0 Å². The third-order valence-corrected chi connectivity index (χ3v) is 0. The Balaban J connectivity index is -0.0000000800. The van der Waals surface area contributed by atoms with Crippen molar-refractivity contribution in [2.75, 3.05) is 0 Å². The van der Waals surface area contributed by atoms with Gasteiger partial charge in [-0.15, -0.1) is 0 Å². The Morgan fingerprint density at radius 2 is 1.14 bits per heavy atom. The van der Waals surface area contributed by atoms with Crippen LogP contribution in [0.5, 0.6) is 0 Å². The molecule has 0 aliphatic rings. The maximum absolute atomic E-state index is 8.88. The molecule has 7 heteroatoms. The third-order valence-electron chi connectivity index (χ3n) is 0. The van der Waals surface area contributed by atoms with E-state index in [0.717, 1.165) is 0 Å². The fourth-order valence-electron chi connectivity index (χ4n) is 0. The zero-order valence-electron chi connectivity index (χ0n) is 2.70. The standard InChI is InChI=1S/Ce.Na.H3O4P.H/c;;1-5(2,3)4;/h;;(H3,1,2,3,4);. The fourth-order valence-corrected chi connectivity index (χ4v) is 0. The molecule has 4 nitrogen and oxygen atoms in total. The summed E-state index contributed by atoms with van der Waals surface area (Å²) in [5.41, 5.74) is 0. The van der Waals surface area contributed by atoms with Gasteiger partial charge in [-0.05, 0) is 0 Å². The summed E-state index contributed by atoms with van der Waals surface area (Å²) in [6.45, 7) is 0. The maximum atomic E-state index is 8.88. The molecule has 0 aromatic carbocycles. The third kappa shape index (κ3) is 57.8. The summed E-state index contributed by atoms with van der Waals surface area (Å²) in [5.74, 6) is 0. The van der Waals surface area contributed by atoms with Crippen LogP contribution in [0.15, 0.2) is 0 Å². The van der Waals surface area contributed by atoms with E-state index in [2.05, 4.69) is 0 Å². The number of hydrogen-bond donors (Lipinski definition) is 3. The molecular formula is H4CeNaO4P. The summed E-state index contributed by atoms with van der Waals surface area (Å²) in [6.07, 6.45) is 0. The Morgan fingerprint density at radius 1 is 1.14 bits per heavy atom. The summed E-state index contributed by atoms with van der Waals surface area (Å²) >= 11 is 0. The van der Waals surface area contributed by atoms with Gasteiger partial charge in [-0.2, -0.15) is 0 Å². The summed E-state index contributed by atoms with van der Waals surface area (Å²) < 4.78 is 8.88. The van der Waals surface area contributed by atoms with Crippen LogP contribution in [0.4, 0.5) is 0 Å². The van der Waals surface area contributed by atoms with Crippen molar-refractivity contribution in [3.05, 3.63) is 0 Å². The topological polar surface area (TPSA) is 77.8 Å². The SMILES string of the molecule is O=P(O)(O)O.[Ce].[NaH]. The van der Waals surface area contributed by atoms with Crippen LogP contribution in [-0.2, 0) is 4.57 Å². The van der Waals surface area contributed by atoms with E-state index in [1.807, 2.05) is 0 Å². The van der Waals surface area contributed by atoms with Gasteiger partial charge in [0, 0.05) is 41.7 Å². The normalized spacial score (nSPS) is 8.43. The molecule has 0 unspecified atom stereocenters. The van der Waals surface area contributed by atoms with E-state index >= 15 is 0 Å². The van der Waals surface area contributed by atoms with Crippen LogP contribution in [0.1, 0.15) is 0 Å².